The van der Waals surface area contributed by atoms with Gasteiger partial charge in [-0.15, -0.1) is 0 Å². The second kappa shape index (κ2) is 15.7. The number of aromatic amines is 2. The molecule has 59 heavy (non-hydrogen) atoms. The van der Waals surface area contributed by atoms with E-state index in [9.17, 15) is 10.1 Å². The first kappa shape index (κ1) is 39.6. The van der Waals surface area contributed by atoms with Gasteiger partial charge >= 0.3 is 0 Å². The lowest BCUT2D eigenvalue weighted by Crippen LogP contribution is -1.93. The predicted octanol–water partition coefficient (Wildman–Crippen LogP) is 16.5. The summed E-state index contributed by atoms with van der Waals surface area (Å²) in [6.45, 7) is 0. The highest BCUT2D eigenvalue weighted by molar-refractivity contribution is 6.42. The minimum Gasteiger partial charge on any atom is -0.354 e. The molecule has 0 aliphatic carbocycles. The number of H-pyrrole nitrogens is 2. The molecule has 7 aromatic rings. The highest BCUT2D eigenvalue weighted by Gasteiger charge is 2.28. The third kappa shape index (κ3) is 6.90. The Balaban J connectivity index is 1.59. The molecule has 0 unspecified atom stereocenters. The molecule has 0 spiro atoms. The number of aromatic nitrogens is 4. The summed E-state index contributed by atoms with van der Waals surface area (Å²) in [6, 6.07) is 25.6. The lowest BCUT2D eigenvalue weighted by atomic mass is 10.0. The molecule has 290 valence electrons. The zero-order valence-electron chi connectivity index (χ0n) is 29.7. The molecule has 9 rings (SSSR count). The van der Waals surface area contributed by atoms with E-state index in [-0.39, 0.29) is 42.4 Å². The van der Waals surface area contributed by atoms with Crippen molar-refractivity contribution >= 4 is 145 Å². The Kier molecular flexibility index (Phi) is 10.5. The normalized spacial score (nSPS) is 12.1. The van der Waals surface area contributed by atoms with Gasteiger partial charge in [0.15, 0.2) is 0 Å². The molecule has 3 aromatic heterocycles. The number of rotatable bonds is 5. The Morgan fingerprint density at radius 2 is 0.712 bits per heavy atom. The number of nitrogens with one attached hydrogen (secondary N) is 2. The molecular weight excluding hydrogens is 914 g/mol. The van der Waals surface area contributed by atoms with Gasteiger partial charge in [0, 0.05) is 61.6 Å². The van der Waals surface area contributed by atoms with E-state index < -0.39 is 4.92 Å². The predicted molar refractivity (Wildman–Crippen MR) is 247 cm³/mol. The second-order valence-electron chi connectivity index (χ2n) is 13.3. The number of halogens is 8. The third-order valence-electron chi connectivity index (χ3n) is 9.89. The molecule has 5 heterocycles. The molecule has 8 bridgehead atoms. The van der Waals surface area contributed by atoms with Gasteiger partial charge in [-0.25, -0.2) is 9.97 Å². The summed E-state index contributed by atoms with van der Waals surface area (Å²) in [5, 5.41) is 15.6. The van der Waals surface area contributed by atoms with E-state index in [1.807, 2.05) is 12.1 Å². The minimum absolute atomic E-state index is 0.0544. The number of fused-ring (bicyclic) bond motifs is 8. The number of nitrogens with zero attached hydrogens (tertiary/aromatic N) is 3. The van der Waals surface area contributed by atoms with Crippen LogP contribution in [0.15, 0.2) is 91.0 Å². The van der Waals surface area contributed by atoms with Crippen LogP contribution >= 0.6 is 92.8 Å². The first-order chi connectivity index (χ1) is 28.4. The van der Waals surface area contributed by atoms with Gasteiger partial charge in [-0.2, -0.15) is 0 Å². The molecule has 0 saturated heterocycles. The summed E-state index contributed by atoms with van der Waals surface area (Å²) in [6.07, 6.45) is 7.06. The van der Waals surface area contributed by atoms with Crippen molar-refractivity contribution in [3.05, 3.63) is 164 Å². The fourth-order valence-corrected chi connectivity index (χ4v) is 9.76. The van der Waals surface area contributed by atoms with Gasteiger partial charge in [0.25, 0.3) is 5.69 Å². The molecule has 7 nitrogen and oxygen atoms in total. The number of benzene rings is 4. The van der Waals surface area contributed by atoms with Crippen molar-refractivity contribution in [2.45, 2.75) is 0 Å². The van der Waals surface area contributed by atoms with E-state index in [4.69, 9.17) is 103 Å². The lowest BCUT2D eigenvalue weighted by Gasteiger charge is -2.11. The maximum absolute atomic E-state index is 13.2. The first-order valence-electron chi connectivity index (χ1n) is 17.5. The van der Waals surface area contributed by atoms with Crippen LogP contribution in [-0.4, -0.2) is 24.9 Å². The van der Waals surface area contributed by atoms with Gasteiger partial charge < -0.3 is 9.97 Å². The Bertz CT molecular complexity index is 3130. The van der Waals surface area contributed by atoms with Crippen LogP contribution in [0.2, 0.25) is 40.2 Å². The van der Waals surface area contributed by atoms with Crippen LogP contribution in [0.25, 0.3) is 90.9 Å². The fraction of sp³-hybridized carbons (Fsp3) is 0. The number of hydrogen-bond acceptors (Lipinski definition) is 4. The van der Waals surface area contributed by atoms with Gasteiger partial charge in [0.05, 0.1) is 73.4 Å². The van der Waals surface area contributed by atoms with Crippen LogP contribution in [0.5, 0.6) is 0 Å². The Hall–Kier alpha value is -4.80. The van der Waals surface area contributed by atoms with Crippen LogP contribution in [0.3, 0.4) is 0 Å². The van der Waals surface area contributed by atoms with Crippen LogP contribution in [0, 0.1) is 10.1 Å². The van der Waals surface area contributed by atoms with Crippen molar-refractivity contribution in [2.75, 3.05) is 0 Å². The first-order valence-corrected chi connectivity index (χ1v) is 20.6. The second-order valence-corrected chi connectivity index (χ2v) is 16.6. The average molecular weight is 935 g/mol. The van der Waals surface area contributed by atoms with Crippen molar-refractivity contribution in [2.24, 2.45) is 0 Å². The molecule has 0 amide bonds. The van der Waals surface area contributed by atoms with Crippen molar-refractivity contribution in [1.82, 2.24) is 19.9 Å². The summed E-state index contributed by atoms with van der Waals surface area (Å²) in [7, 11) is 0. The quantitative estimate of drug-likeness (QED) is 0.133. The highest BCUT2D eigenvalue weighted by atomic mass is 35.5. The zero-order valence-corrected chi connectivity index (χ0v) is 35.7. The van der Waals surface area contributed by atoms with Gasteiger partial charge in [0.2, 0.25) is 0 Å². The molecule has 0 saturated carbocycles. The van der Waals surface area contributed by atoms with Gasteiger partial charge in [-0.05, 0) is 85.0 Å². The number of nitro groups is 1. The molecule has 2 N–H and O–H groups in total. The Labute approximate surface area is 375 Å². The van der Waals surface area contributed by atoms with E-state index in [1.54, 1.807) is 97.1 Å². The number of hydrogen-bond donors (Lipinski definition) is 2. The van der Waals surface area contributed by atoms with Crippen molar-refractivity contribution in [3.8, 4) is 44.5 Å². The van der Waals surface area contributed by atoms with Crippen LogP contribution < -0.4 is 0 Å². The summed E-state index contributed by atoms with van der Waals surface area (Å²) >= 11 is 55.4. The van der Waals surface area contributed by atoms with Gasteiger partial charge in [0.1, 0.15) is 5.52 Å². The minimum atomic E-state index is -0.500. The summed E-state index contributed by atoms with van der Waals surface area (Å²) in [4.78, 5) is 29.8. The largest absolute Gasteiger partial charge is 0.354 e. The zero-order chi connectivity index (χ0) is 41.3. The summed E-state index contributed by atoms with van der Waals surface area (Å²) in [5.41, 5.74) is 6.10. The Morgan fingerprint density at radius 3 is 1.05 bits per heavy atom. The molecular formula is C44H21Cl8N5O2. The molecule has 2 aliphatic heterocycles. The van der Waals surface area contributed by atoms with Crippen LogP contribution in [0.1, 0.15) is 22.8 Å². The molecule has 0 fully saturated rings. The van der Waals surface area contributed by atoms with Crippen molar-refractivity contribution in [1.29, 1.82) is 0 Å². The fourth-order valence-electron chi connectivity index (χ4n) is 7.41. The summed E-state index contributed by atoms with van der Waals surface area (Å²) < 4.78 is 0. The highest BCUT2D eigenvalue weighted by Crippen LogP contribution is 2.48. The maximum atomic E-state index is 13.2. The average Bonchev–Trinajstić information content (AvgIpc) is 4.03. The molecule has 2 aliphatic rings. The van der Waals surface area contributed by atoms with Crippen molar-refractivity contribution < 1.29 is 4.92 Å². The topological polar surface area (TPSA) is 100 Å². The van der Waals surface area contributed by atoms with Gasteiger partial charge in [-0.1, -0.05) is 117 Å². The molecule has 15 heteroatoms. The molecule has 4 aromatic carbocycles. The maximum Gasteiger partial charge on any atom is 0.295 e. The van der Waals surface area contributed by atoms with Gasteiger partial charge in [-0.3, -0.25) is 10.1 Å². The van der Waals surface area contributed by atoms with Crippen LogP contribution in [0.4, 0.5) is 5.69 Å². The SMILES string of the molecule is O=[N+]([O-])c1cc2[nH]c1c(-c1c(Cl)cccc1Cl)c1nc(c(-c3c(Cl)cccc3Cl)c3ccc([nH]3)c(-c3c(Cl)cccc3Cl)c3nc(c2-c2c(Cl)cccc2Cl)C=C3)C=C1. The Morgan fingerprint density at radius 1 is 0.407 bits per heavy atom. The standard InChI is InChI=1S/C44H21Cl8N5O2/c45-20-5-1-6-21(46)36(20)40-28-13-14-29(53-28)41(37-22(47)7-2-8-23(37)48)31-17-18-33(55-31)43(39-26(51)11-4-12-27(39)52)44-35(57(58)59)19-34(56-44)42(32-16-15-30(40)54-32)38-24(49)9-3-10-25(38)50/h1-19,53,56H. The van der Waals surface area contributed by atoms with E-state index in [1.165, 1.54) is 6.07 Å². The van der Waals surface area contributed by atoms with E-state index in [0.29, 0.717) is 92.8 Å². The van der Waals surface area contributed by atoms with Crippen molar-refractivity contribution in [3.63, 3.8) is 0 Å². The monoisotopic (exact) mass is 931 g/mol. The van der Waals surface area contributed by atoms with E-state index in [2.05, 4.69) is 9.97 Å². The molecule has 0 atom stereocenters. The third-order valence-corrected chi connectivity index (χ3v) is 12.4. The van der Waals surface area contributed by atoms with E-state index >= 15 is 0 Å². The van der Waals surface area contributed by atoms with Crippen LogP contribution in [-0.2, 0) is 0 Å². The van der Waals surface area contributed by atoms with E-state index in [0.717, 1.165) is 0 Å². The molecule has 0 radical (unpaired) electrons. The lowest BCUT2D eigenvalue weighted by molar-refractivity contribution is -0.382. The summed E-state index contributed by atoms with van der Waals surface area (Å²) in [5.74, 6) is 0. The smallest absolute Gasteiger partial charge is 0.295 e.